The Labute approximate surface area is 140 Å². The number of benzene rings is 3. The van der Waals surface area contributed by atoms with E-state index >= 15 is 0 Å². The maximum absolute atomic E-state index is 6.49. The topological polar surface area (TPSA) is 15.8 Å². The second kappa shape index (κ2) is 5.60. The van der Waals surface area contributed by atoms with E-state index in [-0.39, 0.29) is 0 Å². The third-order valence-electron chi connectivity index (χ3n) is 4.13. The van der Waals surface area contributed by atoms with Crippen LogP contribution in [0.3, 0.4) is 0 Å². The lowest BCUT2D eigenvalue weighted by molar-refractivity contribution is 1.44. The Balaban J connectivity index is 2.12. The zero-order valence-electron chi connectivity index (χ0n) is 12.8. The van der Waals surface area contributed by atoms with Crippen LogP contribution in [0.15, 0.2) is 72.8 Å². The lowest BCUT2D eigenvalue weighted by Gasteiger charge is -2.06. The first-order valence-electron chi connectivity index (χ1n) is 7.67. The fourth-order valence-electron chi connectivity index (χ4n) is 3.11. The second-order valence-corrected chi connectivity index (χ2v) is 6.18. The van der Waals surface area contributed by atoms with Crippen molar-refractivity contribution in [1.29, 1.82) is 0 Å². The van der Waals surface area contributed by atoms with Crippen LogP contribution in [0.5, 0.6) is 0 Å². The minimum Gasteiger partial charge on any atom is -0.353 e. The molecule has 0 saturated carbocycles. The Morgan fingerprint density at radius 2 is 1.39 bits per heavy atom. The zero-order valence-corrected chi connectivity index (χ0v) is 13.6. The highest BCUT2D eigenvalue weighted by atomic mass is 35.5. The normalized spacial score (nSPS) is 11.0. The van der Waals surface area contributed by atoms with Gasteiger partial charge in [-0.3, -0.25) is 0 Å². The van der Waals surface area contributed by atoms with E-state index in [9.17, 15) is 0 Å². The number of H-pyrrole nitrogens is 1. The summed E-state index contributed by atoms with van der Waals surface area (Å²) >= 11 is 6.49. The molecule has 112 valence electrons. The van der Waals surface area contributed by atoms with E-state index < -0.39 is 0 Å². The summed E-state index contributed by atoms with van der Waals surface area (Å²) in [4.78, 5) is 3.54. The predicted octanol–water partition coefficient (Wildman–Crippen LogP) is 6.46. The van der Waals surface area contributed by atoms with Crippen molar-refractivity contribution in [3.63, 3.8) is 0 Å². The number of aryl methyl sites for hydroxylation is 1. The molecule has 0 atom stereocenters. The van der Waals surface area contributed by atoms with E-state index in [0.29, 0.717) is 0 Å². The van der Waals surface area contributed by atoms with Crippen LogP contribution in [0, 0.1) is 6.92 Å². The van der Waals surface area contributed by atoms with Gasteiger partial charge in [0.05, 0.1) is 16.2 Å². The molecule has 0 aliphatic carbocycles. The van der Waals surface area contributed by atoms with Gasteiger partial charge >= 0.3 is 0 Å². The molecule has 23 heavy (non-hydrogen) atoms. The van der Waals surface area contributed by atoms with Crippen LogP contribution in [0.1, 0.15) is 5.56 Å². The van der Waals surface area contributed by atoms with Crippen LogP contribution in [0.4, 0.5) is 0 Å². The number of aromatic nitrogens is 1. The van der Waals surface area contributed by atoms with Gasteiger partial charge < -0.3 is 4.98 Å². The average Bonchev–Trinajstić information content (AvgIpc) is 2.96. The van der Waals surface area contributed by atoms with Crippen LogP contribution < -0.4 is 0 Å². The molecule has 0 bridgehead atoms. The molecule has 4 rings (SSSR count). The molecule has 0 saturated heterocycles. The number of fused-ring (bicyclic) bond motifs is 1. The highest BCUT2D eigenvalue weighted by Crippen LogP contribution is 2.40. The minimum absolute atomic E-state index is 0.763. The van der Waals surface area contributed by atoms with Gasteiger partial charge in [-0.05, 0) is 35.7 Å². The van der Waals surface area contributed by atoms with Crippen molar-refractivity contribution in [2.24, 2.45) is 0 Å². The Hall–Kier alpha value is -2.51. The summed E-state index contributed by atoms with van der Waals surface area (Å²) in [5, 5.41) is 1.93. The van der Waals surface area contributed by atoms with Gasteiger partial charge in [0.1, 0.15) is 0 Å². The SMILES string of the molecule is Cc1cc(Cl)c2[nH]c(-c3ccccc3)c(-c3ccccc3)c2c1. The van der Waals surface area contributed by atoms with E-state index in [4.69, 9.17) is 11.6 Å². The first-order valence-corrected chi connectivity index (χ1v) is 8.04. The summed E-state index contributed by atoms with van der Waals surface area (Å²) in [6, 6.07) is 25.1. The molecular weight excluding hydrogens is 302 g/mol. The van der Waals surface area contributed by atoms with Gasteiger partial charge in [-0.2, -0.15) is 0 Å². The maximum Gasteiger partial charge on any atom is 0.0654 e. The number of halogens is 1. The fourth-order valence-corrected chi connectivity index (χ4v) is 3.44. The lowest BCUT2D eigenvalue weighted by atomic mass is 9.98. The maximum atomic E-state index is 6.49. The van der Waals surface area contributed by atoms with Crippen LogP contribution in [-0.2, 0) is 0 Å². The number of aromatic amines is 1. The molecule has 1 nitrogen and oxygen atoms in total. The summed E-state index contributed by atoms with van der Waals surface area (Å²) in [5.41, 5.74) is 6.83. The molecule has 2 heteroatoms. The third-order valence-corrected chi connectivity index (χ3v) is 4.43. The van der Waals surface area contributed by atoms with Crippen LogP contribution >= 0.6 is 11.6 Å². The number of rotatable bonds is 2. The van der Waals surface area contributed by atoms with Gasteiger partial charge in [0.25, 0.3) is 0 Å². The molecule has 3 aromatic carbocycles. The van der Waals surface area contributed by atoms with Crippen molar-refractivity contribution in [1.82, 2.24) is 4.98 Å². The molecule has 4 aromatic rings. The van der Waals surface area contributed by atoms with E-state index in [1.165, 1.54) is 22.1 Å². The average molecular weight is 318 g/mol. The zero-order chi connectivity index (χ0) is 15.8. The Kier molecular flexibility index (Phi) is 3.44. The molecule has 1 heterocycles. The van der Waals surface area contributed by atoms with Crippen molar-refractivity contribution >= 4 is 22.5 Å². The van der Waals surface area contributed by atoms with Gasteiger partial charge in [-0.1, -0.05) is 72.3 Å². The Morgan fingerprint density at radius 3 is 2.04 bits per heavy atom. The highest BCUT2D eigenvalue weighted by Gasteiger charge is 2.16. The van der Waals surface area contributed by atoms with Crippen LogP contribution in [0.25, 0.3) is 33.3 Å². The molecule has 1 N–H and O–H groups in total. The summed E-state index contributed by atoms with van der Waals surface area (Å²) in [5.74, 6) is 0. The molecule has 0 aliphatic rings. The second-order valence-electron chi connectivity index (χ2n) is 5.78. The first-order chi connectivity index (χ1) is 11.2. The molecule has 0 amide bonds. The fraction of sp³-hybridized carbons (Fsp3) is 0.0476. The quantitative estimate of drug-likeness (QED) is 0.436. The molecule has 0 spiro atoms. The molecule has 1 aromatic heterocycles. The molecule has 0 unspecified atom stereocenters. The van der Waals surface area contributed by atoms with Crippen molar-refractivity contribution in [3.05, 3.63) is 83.4 Å². The monoisotopic (exact) mass is 317 g/mol. The Morgan fingerprint density at radius 1 is 0.783 bits per heavy atom. The van der Waals surface area contributed by atoms with Crippen molar-refractivity contribution in [3.8, 4) is 22.4 Å². The molecule has 0 aliphatic heterocycles. The molecule has 0 fully saturated rings. The van der Waals surface area contributed by atoms with Gasteiger partial charge in [0.15, 0.2) is 0 Å². The minimum atomic E-state index is 0.763. The van der Waals surface area contributed by atoms with Gasteiger partial charge in [0.2, 0.25) is 0 Å². The van der Waals surface area contributed by atoms with Crippen molar-refractivity contribution in [2.75, 3.05) is 0 Å². The highest BCUT2D eigenvalue weighted by molar-refractivity contribution is 6.36. The number of hydrogen-bond donors (Lipinski definition) is 1. The van der Waals surface area contributed by atoms with E-state index in [2.05, 4.69) is 66.5 Å². The number of nitrogens with one attached hydrogen (secondary N) is 1. The first kappa shape index (κ1) is 14.1. The van der Waals surface area contributed by atoms with E-state index in [1.54, 1.807) is 0 Å². The van der Waals surface area contributed by atoms with Crippen molar-refractivity contribution in [2.45, 2.75) is 6.92 Å². The summed E-state index contributed by atoms with van der Waals surface area (Å²) in [6.07, 6.45) is 0. The smallest absolute Gasteiger partial charge is 0.0654 e. The predicted molar refractivity (Wildman–Crippen MR) is 98.9 cm³/mol. The van der Waals surface area contributed by atoms with E-state index in [1.807, 2.05) is 18.2 Å². The summed E-state index contributed by atoms with van der Waals surface area (Å²) < 4.78 is 0. The summed E-state index contributed by atoms with van der Waals surface area (Å²) in [6.45, 7) is 2.08. The van der Waals surface area contributed by atoms with Crippen LogP contribution in [-0.4, -0.2) is 4.98 Å². The number of hydrogen-bond acceptors (Lipinski definition) is 0. The Bertz CT molecular complexity index is 969. The van der Waals surface area contributed by atoms with E-state index in [0.717, 1.165) is 21.8 Å². The standard InChI is InChI=1S/C21H16ClN/c1-14-12-17-19(15-8-4-2-5-9-15)20(16-10-6-3-7-11-16)23-21(17)18(22)13-14/h2-13,23H,1H3. The van der Waals surface area contributed by atoms with Crippen molar-refractivity contribution < 1.29 is 0 Å². The molecule has 0 radical (unpaired) electrons. The summed E-state index contributed by atoms with van der Waals surface area (Å²) in [7, 11) is 0. The lowest BCUT2D eigenvalue weighted by Crippen LogP contribution is -1.82. The largest absolute Gasteiger partial charge is 0.353 e. The van der Waals surface area contributed by atoms with Gasteiger partial charge in [-0.15, -0.1) is 0 Å². The van der Waals surface area contributed by atoms with Crippen LogP contribution in [0.2, 0.25) is 5.02 Å². The van der Waals surface area contributed by atoms with Gasteiger partial charge in [-0.25, -0.2) is 0 Å². The molecular formula is C21H16ClN. The van der Waals surface area contributed by atoms with Gasteiger partial charge in [0, 0.05) is 10.9 Å². The third kappa shape index (κ3) is 2.43.